The zero-order chi connectivity index (χ0) is 20.9. The van der Waals surface area contributed by atoms with Gasteiger partial charge in [-0.05, 0) is 25.0 Å². The molecule has 0 aliphatic carbocycles. The van der Waals surface area contributed by atoms with Crippen molar-refractivity contribution >= 4 is 11.8 Å². The summed E-state index contributed by atoms with van der Waals surface area (Å²) in [5, 5.41) is 6.41. The van der Waals surface area contributed by atoms with Gasteiger partial charge in [-0.3, -0.25) is 9.89 Å². The van der Waals surface area contributed by atoms with Crippen molar-refractivity contribution in [2.75, 3.05) is 51.3 Å². The summed E-state index contributed by atoms with van der Waals surface area (Å²) in [6.07, 6.45) is -1.47. The molecular formula is C19H29F3N6O. The molecule has 0 aromatic carbocycles. The van der Waals surface area contributed by atoms with Crippen LogP contribution in [0.4, 0.5) is 19.0 Å². The van der Waals surface area contributed by atoms with Gasteiger partial charge in [-0.1, -0.05) is 6.07 Å². The number of aromatic nitrogens is 1. The lowest BCUT2D eigenvalue weighted by molar-refractivity contribution is -0.143. The first-order valence-electron chi connectivity index (χ1n) is 9.90. The second kappa shape index (κ2) is 9.62. The van der Waals surface area contributed by atoms with Crippen LogP contribution in [0.2, 0.25) is 0 Å². The van der Waals surface area contributed by atoms with E-state index >= 15 is 0 Å². The van der Waals surface area contributed by atoms with Gasteiger partial charge in [-0.25, -0.2) is 4.98 Å². The summed E-state index contributed by atoms with van der Waals surface area (Å²) >= 11 is 0. The highest BCUT2D eigenvalue weighted by molar-refractivity contribution is 5.80. The number of morpholine rings is 1. The third-order valence-corrected chi connectivity index (χ3v) is 5.07. The van der Waals surface area contributed by atoms with Gasteiger partial charge < -0.3 is 20.3 Å². The molecule has 2 atom stereocenters. The van der Waals surface area contributed by atoms with E-state index < -0.39 is 12.7 Å². The molecule has 0 spiro atoms. The number of aliphatic imine (C=N–C) groups is 1. The van der Waals surface area contributed by atoms with Gasteiger partial charge in [0.2, 0.25) is 0 Å². The van der Waals surface area contributed by atoms with Gasteiger partial charge in [0.05, 0.1) is 19.3 Å². The van der Waals surface area contributed by atoms with Gasteiger partial charge >= 0.3 is 6.18 Å². The van der Waals surface area contributed by atoms with Gasteiger partial charge in [-0.2, -0.15) is 13.2 Å². The first kappa shape index (κ1) is 21.6. The molecule has 2 aliphatic rings. The second-order valence-electron chi connectivity index (χ2n) is 7.56. The number of pyridine rings is 1. The van der Waals surface area contributed by atoms with Gasteiger partial charge in [0.1, 0.15) is 5.82 Å². The number of hydrogen-bond acceptors (Lipinski definition) is 5. The number of halogens is 3. The van der Waals surface area contributed by atoms with E-state index in [0.29, 0.717) is 38.6 Å². The van der Waals surface area contributed by atoms with Crippen molar-refractivity contribution in [2.24, 2.45) is 4.99 Å². The summed E-state index contributed by atoms with van der Waals surface area (Å²) in [4.78, 5) is 12.3. The average molecular weight is 414 g/mol. The quantitative estimate of drug-likeness (QED) is 0.564. The van der Waals surface area contributed by atoms with Crippen LogP contribution in [0.25, 0.3) is 0 Å². The lowest BCUT2D eigenvalue weighted by Gasteiger charge is -2.32. The number of nitrogens with zero attached hydrogens (tertiary/aromatic N) is 4. The summed E-state index contributed by atoms with van der Waals surface area (Å²) < 4.78 is 43.1. The Labute approximate surface area is 169 Å². The molecule has 162 valence electrons. The summed E-state index contributed by atoms with van der Waals surface area (Å²) in [5.41, 5.74) is 1.00. The molecule has 2 fully saturated rings. The molecule has 2 unspecified atom stereocenters. The van der Waals surface area contributed by atoms with Crippen LogP contribution in [-0.2, 0) is 11.3 Å². The zero-order valence-electron chi connectivity index (χ0n) is 16.9. The highest BCUT2D eigenvalue weighted by Crippen LogP contribution is 2.20. The van der Waals surface area contributed by atoms with E-state index in [0.717, 1.165) is 24.5 Å². The molecule has 0 radical (unpaired) electrons. The van der Waals surface area contributed by atoms with Crippen LogP contribution < -0.4 is 15.5 Å². The molecule has 0 saturated carbocycles. The summed E-state index contributed by atoms with van der Waals surface area (Å²) in [6, 6.07) is 3.97. The Bertz CT molecular complexity index is 682. The Morgan fingerprint density at radius 2 is 2.14 bits per heavy atom. The molecule has 0 amide bonds. The van der Waals surface area contributed by atoms with E-state index in [1.807, 2.05) is 18.3 Å². The minimum atomic E-state index is -4.16. The van der Waals surface area contributed by atoms with E-state index in [2.05, 4.69) is 32.4 Å². The number of alkyl halides is 3. The van der Waals surface area contributed by atoms with Crippen LogP contribution in [0, 0.1) is 0 Å². The fraction of sp³-hybridized carbons (Fsp3) is 0.684. The Hall–Kier alpha value is -2.07. The summed E-state index contributed by atoms with van der Waals surface area (Å²) in [5.74, 6) is 1.51. The monoisotopic (exact) mass is 414 g/mol. The number of rotatable bonds is 5. The van der Waals surface area contributed by atoms with Crippen molar-refractivity contribution in [2.45, 2.75) is 38.2 Å². The number of nitrogens with one attached hydrogen (secondary N) is 2. The molecule has 3 rings (SSSR count). The van der Waals surface area contributed by atoms with Crippen molar-refractivity contribution in [1.29, 1.82) is 0 Å². The number of guanidine groups is 1. The molecule has 10 heteroatoms. The number of anilines is 1. The zero-order valence-corrected chi connectivity index (χ0v) is 16.9. The lowest BCUT2D eigenvalue weighted by Crippen LogP contribution is -2.45. The molecule has 3 heterocycles. The second-order valence-corrected chi connectivity index (χ2v) is 7.56. The van der Waals surface area contributed by atoms with Crippen LogP contribution in [0.3, 0.4) is 0 Å². The Kier molecular flexibility index (Phi) is 7.18. The highest BCUT2D eigenvalue weighted by atomic mass is 19.4. The maximum Gasteiger partial charge on any atom is 0.401 e. The van der Waals surface area contributed by atoms with E-state index in [-0.39, 0.29) is 12.1 Å². The maximum absolute atomic E-state index is 12.5. The minimum Gasteiger partial charge on any atom is -0.375 e. The third-order valence-electron chi connectivity index (χ3n) is 5.07. The normalized spacial score (nSPS) is 24.0. The predicted octanol–water partition coefficient (Wildman–Crippen LogP) is 1.61. The van der Waals surface area contributed by atoms with Crippen LogP contribution in [-0.4, -0.2) is 80.5 Å². The average Bonchev–Trinajstić information content (AvgIpc) is 3.10. The number of ether oxygens (including phenoxy) is 1. The fourth-order valence-corrected chi connectivity index (χ4v) is 3.66. The maximum atomic E-state index is 12.5. The summed E-state index contributed by atoms with van der Waals surface area (Å²) in [6.45, 7) is 4.87. The third kappa shape index (κ3) is 6.74. The molecule has 1 aromatic heterocycles. The van der Waals surface area contributed by atoms with E-state index in [9.17, 15) is 13.2 Å². The highest BCUT2D eigenvalue weighted by Gasteiger charge is 2.34. The first-order valence-corrected chi connectivity index (χ1v) is 9.90. The molecule has 2 saturated heterocycles. The van der Waals surface area contributed by atoms with Crippen molar-refractivity contribution in [3.8, 4) is 0 Å². The van der Waals surface area contributed by atoms with Gasteiger partial charge in [0, 0.05) is 52.0 Å². The van der Waals surface area contributed by atoms with Crippen LogP contribution >= 0.6 is 0 Å². The van der Waals surface area contributed by atoms with Crippen molar-refractivity contribution in [3.05, 3.63) is 23.9 Å². The fourth-order valence-electron chi connectivity index (χ4n) is 3.66. The standard InChI is InChI=1S/C19H29F3N6O/c1-14-11-28(7-8-29-14)17-4-3-15(9-24-17)10-25-18(23-2)26-16-5-6-27(12-16)13-19(20,21)22/h3-4,9,14,16H,5-8,10-13H2,1-2H3,(H2,23,25,26). The molecule has 2 N–H and O–H groups in total. The van der Waals surface area contributed by atoms with Crippen molar-refractivity contribution in [1.82, 2.24) is 20.5 Å². The molecule has 0 bridgehead atoms. The molecule has 1 aromatic rings. The van der Waals surface area contributed by atoms with Crippen LogP contribution in [0.15, 0.2) is 23.3 Å². The Balaban J connectivity index is 1.45. The van der Waals surface area contributed by atoms with Crippen LogP contribution in [0.5, 0.6) is 0 Å². The topological polar surface area (TPSA) is 65.0 Å². The van der Waals surface area contributed by atoms with Gasteiger partial charge in [0.25, 0.3) is 0 Å². The minimum absolute atomic E-state index is 0.0487. The van der Waals surface area contributed by atoms with Gasteiger partial charge in [0.15, 0.2) is 5.96 Å². The Morgan fingerprint density at radius 3 is 2.79 bits per heavy atom. The van der Waals surface area contributed by atoms with Gasteiger partial charge in [-0.15, -0.1) is 0 Å². The van der Waals surface area contributed by atoms with E-state index in [4.69, 9.17) is 4.74 Å². The number of hydrogen-bond donors (Lipinski definition) is 2. The molecule has 7 nitrogen and oxygen atoms in total. The smallest absolute Gasteiger partial charge is 0.375 e. The largest absolute Gasteiger partial charge is 0.401 e. The molecule has 2 aliphatic heterocycles. The molecular weight excluding hydrogens is 385 g/mol. The molecule has 29 heavy (non-hydrogen) atoms. The Morgan fingerprint density at radius 1 is 1.31 bits per heavy atom. The lowest BCUT2D eigenvalue weighted by atomic mass is 10.2. The SMILES string of the molecule is CN=C(NCc1ccc(N2CCOC(C)C2)nc1)NC1CCN(CC(F)(F)F)C1. The first-order chi connectivity index (χ1) is 13.8. The predicted molar refractivity (Wildman–Crippen MR) is 106 cm³/mol. The van der Waals surface area contributed by atoms with Crippen molar-refractivity contribution in [3.63, 3.8) is 0 Å². The van der Waals surface area contributed by atoms with Crippen LogP contribution in [0.1, 0.15) is 18.9 Å². The van der Waals surface area contributed by atoms with E-state index in [1.165, 1.54) is 4.90 Å². The van der Waals surface area contributed by atoms with Crippen molar-refractivity contribution < 1.29 is 17.9 Å². The van der Waals surface area contributed by atoms with E-state index in [1.54, 1.807) is 7.05 Å². The number of likely N-dealkylation sites (tertiary alicyclic amines) is 1. The summed E-state index contributed by atoms with van der Waals surface area (Å²) in [7, 11) is 1.65.